The minimum atomic E-state index is 0.355. The second-order valence-corrected chi connectivity index (χ2v) is 7.91. The molecular weight excluding hydrogens is 328 g/mol. The van der Waals surface area contributed by atoms with Crippen molar-refractivity contribution in [3.05, 3.63) is 17.6 Å². The molecule has 0 radical (unpaired) electrons. The van der Waals surface area contributed by atoms with Crippen LogP contribution in [-0.4, -0.2) is 91.4 Å². The number of aryl methyl sites for hydroxylation is 1. The molecule has 7 heteroatoms. The lowest BCUT2D eigenvalue weighted by Gasteiger charge is -2.37. The highest BCUT2D eigenvalue weighted by Crippen LogP contribution is 2.35. The first-order valence-electron chi connectivity index (χ1n) is 10.1. The fourth-order valence-electron chi connectivity index (χ4n) is 4.16. The Hall–Kier alpha value is -1.28. The predicted molar refractivity (Wildman–Crippen MR) is 103 cm³/mol. The Bertz CT molecular complexity index is 592. The number of nitrogens with zero attached hydrogens (tertiary/aromatic N) is 5. The van der Waals surface area contributed by atoms with Gasteiger partial charge in [0, 0.05) is 76.1 Å². The third-order valence-corrected chi connectivity index (χ3v) is 5.97. The summed E-state index contributed by atoms with van der Waals surface area (Å²) in [5, 5.41) is 0. The highest BCUT2D eigenvalue weighted by molar-refractivity contribution is 5.41. The summed E-state index contributed by atoms with van der Waals surface area (Å²) in [6, 6.07) is 2.56. The van der Waals surface area contributed by atoms with Gasteiger partial charge in [-0.05, 0) is 19.8 Å². The predicted octanol–water partition coefficient (Wildman–Crippen LogP) is 0.444. The minimum absolute atomic E-state index is 0.355. The van der Waals surface area contributed by atoms with Gasteiger partial charge in [0.15, 0.2) is 0 Å². The lowest BCUT2D eigenvalue weighted by atomic mass is 9.78. The normalized spacial score (nSPS) is 28.2. The summed E-state index contributed by atoms with van der Waals surface area (Å²) in [7, 11) is 0. The molecule has 0 unspecified atom stereocenters. The molecule has 0 bridgehead atoms. The summed E-state index contributed by atoms with van der Waals surface area (Å²) in [4.78, 5) is 16.9. The van der Waals surface area contributed by atoms with E-state index in [1.54, 1.807) is 0 Å². The molecule has 0 aromatic carbocycles. The van der Waals surface area contributed by atoms with Crippen LogP contribution in [0.3, 0.4) is 0 Å². The Morgan fingerprint density at radius 2 is 1.65 bits per heavy atom. The van der Waals surface area contributed by atoms with E-state index < -0.39 is 0 Å². The molecule has 3 heterocycles. The average Bonchev–Trinajstić information content (AvgIpc) is 2.64. The number of morpholine rings is 1. The molecule has 0 atom stereocenters. The molecule has 1 aromatic heterocycles. The zero-order valence-electron chi connectivity index (χ0n) is 15.9. The van der Waals surface area contributed by atoms with Crippen molar-refractivity contribution in [3.8, 4) is 0 Å². The second-order valence-electron chi connectivity index (χ2n) is 7.91. The first-order chi connectivity index (χ1) is 12.7. The smallest absolute Gasteiger partial charge is 0.132 e. The zero-order valence-corrected chi connectivity index (χ0v) is 15.9. The maximum Gasteiger partial charge on any atom is 0.132 e. The summed E-state index contributed by atoms with van der Waals surface area (Å²) in [5.74, 6) is 2.51. The summed E-state index contributed by atoms with van der Waals surface area (Å²) < 4.78 is 5.43. The maximum absolute atomic E-state index is 5.95. The van der Waals surface area contributed by atoms with Gasteiger partial charge in [-0.2, -0.15) is 0 Å². The van der Waals surface area contributed by atoms with Crippen molar-refractivity contribution < 1.29 is 4.74 Å². The fourth-order valence-corrected chi connectivity index (χ4v) is 4.16. The van der Waals surface area contributed by atoms with Crippen LogP contribution in [0.25, 0.3) is 0 Å². The van der Waals surface area contributed by atoms with Crippen LogP contribution >= 0.6 is 0 Å². The van der Waals surface area contributed by atoms with E-state index in [1.165, 1.54) is 5.69 Å². The zero-order chi connectivity index (χ0) is 17.9. The van der Waals surface area contributed by atoms with E-state index in [-0.39, 0.29) is 0 Å². The monoisotopic (exact) mass is 360 g/mol. The highest BCUT2D eigenvalue weighted by atomic mass is 16.5. The van der Waals surface area contributed by atoms with Gasteiger partial charge in [0.2, 0.25) is 0 Å². The molecule has 4 rings (SSSR count). The van der Waals surface area contributed by atoms with E-state index in [0.29, 0.717) is 12.0 Å². The molecule has 1 saturated carbocycles. The third-order valence-electron chi connectivity index (χ3n) is 5.97. The van der Waals surface area contributed by atoms with Crippen molar-refractivity contribution in [1.29, 1.82) is 0 Å². The first kappa shape index (κ1) is 18.1. The first-order valence-corrected chi connectivity index (χ1v) is 10.1. The molecule has 2 saturated heterocycles. The molecule has 2 aliphatic heterocycles. The maximum atomic E-state index is 5.95. The number of nitrogens with two attached hydrogens (primary N) is 1. The van der Waals surface area contributed by atoms with Crippen LogP contribution in [-0.2, 0) is 4.74 Å². The van der Waals surface area contributed by atoms with E-state index in [4.69, 9.17) is 15.5 Å². The molecule has 3 fully saturated rings. The molecule has 7 nitrogen and oxygen atoms in total. The van der Waals surface area contributed by atoms with Gasteiger partial charge in [-0.15, -0.1) is 0 Å². The van der Waals surface area contributed by atoms with Gasteiger partial charge in [-0.25, -0.2) is 9.97 Å². The van der Waals surface area contributed by atoms with Crippen LogP contribution in [0.15, 0.2) is 6.07 Å². The molecule has 1 aromatic rings. The summed E-state index contributed by atoms with van der Waals surface area (Å²) in [6.07, 6.45) is 2.12. The second kappa shape index (κ2) is 8.17. The fraction of sp³-hybridized carbons (Fsp3) is 0.789. The minimum Gasteiger partial charge on any atom is -0.379 e. The number of rotatable bonds is 5. The molecule has 2 N–H and O–H groups in total. The summed E-state index contributed by atoms with van der Waals surface area (Å²) in [5.41, 5.74) is 7.14. The van der Waals surface area contributed by atoms with Crippen molar-refractivity contribution in [2.45, 2.75) is 31.7 Å². The van der Waals surface area contributed by atoms with Gasteiger partial charge >= 0.3 is 0 Å². The van der Waals surface area contributed by atoms with Crippen LogP contribution in [0.1, 0.15) is 30.3 Å². The molecule has 26 heavy (non-hydrogen) atoms. The van der Waals surface area contributed by atoms with E-state index >= 15 is 0 Å². The number of hydrogen-bond acceptors (Lipinski definition) is 7. The lowest BCUT2D eigenvalue weighted by molar-refractivity contribution is 0.0331. The number of ether oxygens (including phenoxy) is 1. The van der Waals surface area contributed by atoms with E-state index in [1.807, 2.05) is 6.92 Å². The van der Waals surface area contributed by atoms with Gasteiger partial charge in [0.05, 0.1) is 13.2 Å². The van der Waals surface area contributed by atoms with Crippen LogP contribution < -0.4 is 10.6 Å². The van der Waals surface area contributed by atoms with E-state index in [0.717, 1.165) is 90.1 Å². The largest absolute Gasteiger partial charge is 0.379 e. The van der Waals surface area contributed by atoms with Gasteiger partial charge in [-0.1, -0.05) is 0 Å². The van der Waals surface area contributed by atoms with Gasteiger partial charge in [0.25, 0.3) is 0 Å². The average molecular weight is 361 g/mol. The quantitative estimate of drug-likeness (QED) is 0.817. The summed E-state index contributed by atoms with van der Waals surface area (Å²) >= 11 is 0. The van der Waals surface area contributed by atoms with Gasteiger partial charge in [0.1, 0.15) is 11.6 Å². The van der Waals surface area contributed by atoms with E-state index in [9.17, 15) is 0 Å². The van der Waals surface area contributed by atoms with Crippen molar-refractivity contribution in [1.82, 2.24) is 19.8 Å². The Morgan fingerprint density at radius 3 is 2.31 bits per heavy atom. The van der Waals surface area contributed by atoms with Crippen LogP contribution in [0.4, 0.5) is 5.82 Å². The van der Waals surface area contributed by atoms with Crippen LogP contribution in [0.2, 0.25) is 0 Å². The SMILES string of the molecule is Cc1nc(C2CC(N)C2)cc(N2CCN(CCN3CCOCC3)CC2)n1. The molecule has 3 aliphatic rings. The molecular formula is C19H32N6O. The van der Waals surface area contributed by atoms with Gasteiger partial charge in [-0.3, -0.25) is 9.80 Å². The Labute approximate surface area is 156 Å². The number of hydrogen-bond donors (Lipinski definition) is 1. The molecule has 0 spiro atoms. The topological polar surface area (TPSA) is 70.8 Å². The highest BCUT2D eigenvalue weighted by Gasteiger charge is 2.29. The Kier molecular flexibility index (Phi) is 5.69. The Balaban J connectivity index is 1.29. The molecule has 1 aliphatic carbocycles. The lowest BCUT2D eigenvalue weighted by Crippen LogP contribution is -2.49. The molecule has 144 valence electrons. The number of anilines is 1. The van der Waals surface area contributed by atoms with Crippen LogP contribution in [0, 0.1) is 6.92 Å². The Morgan fingerprint density at radius 1 is 1.00 bits per heavy atom. The number of aromatic nitrogens is 2. The van der Waals surface area contributed by atoms with Crippen molar-refractivity contribution >= 4 is 5.82 Å². The van der Waals surface area contributed by atoms with Crippen molar-refractivity contribution in [2.24, 2.45) is 5.73 Å². The van der Waals surface area contributed by atoms with E-state index in [2.05, 4.69) is 25.8 Å². The standard InChI is InChI=1S/C19H32N6O/c1-15-21-18(16-12-17(20)13-16)14-19(22-15)25-6-4-23(5-7-25)2-3-24-8-10-26-11-9-24/h14,16-17H,2-13,20H2,1H3. The summed E-state index contributed by atoms with van der Waals surface area (Å²) in [6.45, 7) is 12.5. The number of piperazine rings is 1. The van der Waals surface area contributed by atoms with Crippen molar-refractivity contribution in [3.63, 3.8) is 0 Å². The van der Waals surface area contributed by atoms with Gasteiger partial charge < -0.3 is 15.4 Å². The molecule has 0 amide bonds. The van der Waals surface area contributed by atoms with Crippen LogP contribution in [0.5, 0.6) is 0 Å². The third kappa shape index (κ3) is 4.34. The van der Waals surface area contributed by atoms with Crippen molar-refractivity contribution in [2.75, 3.05) is 70.5 Å².